The number of ether oxygens (including phenoxy) is 2. The molecule has 10 heteroatoms. The highest BCUT2D eigenvalue weighted by Crippen LogP contribution is 2.28. The van der Waals surface area contributed by atoms with Crippen LogP contribution in [0.3, 0.4) is 0 Å². The highest BCUT2D eigenvalue weighted by Gasteiger charge is 2.15. The minimum absolute atomic E-state index is 0.112. The van der Waals surface area contributed by atoms with Crippen molar-refractivity contribution in [1.82, 2.24) is 20.1 Å². The van der Waals surface area contributed by atoms with Gasteiger partial charge in [-0.3, -0.25) is 9.59 Å². The number of aromatic nitrogens is 3. The van der Waals surface area contributed by atoms with E-state index in [0.29, 0.717) is 34.9 Å². The quantitative estimate of drug-likeness (QED) is 0.266. The second-order valence-corrected chi connectivity index (χ2v) is 9.33. The number of benzene rings is 2. The lowest BCUT2D eigenvalue weighted by molar-refractivity contribution is -0.116. The van der Waals surface area contributed by atoms with Gasteiger partial charge in [-0.05, 0) is 48.2 Å². The molecule has 0 atom stereocenters. The Bertz CT molecular complexity index is 1260. The number of rotatable bonds is 12. The number of nitrogens with one attached hydrogen (secondary N) is 2. The van der Waals surface area contributed by atoms with Crippen molar-refractivity contribution in [2.75, 3.05) is 25.3 Å². The molecular formula is C27H33N5O4S. The van der Waals surface area contributed by atoms with Gasteiger partial charge in [0.2, 0.25) is 11.8 Å². The number of carbonyl (C=O) groups is 2. The highest BCUT2D eigenvalue weighted by atomic mass is 32.2. The molecule has 0 saturated heterocycles. The van der Waals surface area contributed by atoms with Gasteiger partial charge in [-0.2, -0.15) is 0 Å². The van der Waals surface area contributed by atoms with Crippen molar-refractivity contribution in [2.45, 2.75) is 44.9 Å². The summed E-state index contributed by atoms with van der Waals surface area (Å²) < 4.78 is 12.4. The zero-order valence-electron chi connectivity index (χ0n) is 21.8. The lowest BCUT2D eigenvalue weighted by atomic mass is 10.0. The molecule has 3 rings (SSSR count). The molecule has 0 aliphatic carbocycles. The average molecular weight is 524 g/mol. The topological polar surface area (TPSA) is 107 Å². The van der Waals surface area contributed by atoms with Crippen LogP contribution in [0, 0.1) is 0 Å². The molecule has 0 radical (unpaired) electrons. The van der Waals surface area contributed by atoms with E-state index in [2.05, 4.69) is 34.7 Å². The zero-order valence-corrected chi connectivity index (χ0v) is 22.6. The molecule has 2 aromatic carbocycles. The van der Waals surface area contributed by atoms with Gasteiger partial charge in [0.25, 0.3) is 0 Å². The van der Waals surface area contributed by atoms with Crippen LogP contribution < -0.4 is 20.1 Å². The Morgan fingerprint density at radius 3 is 2.54 bits per heavy atom. The van der Waals surface area contributed by atoms with Crippen LogP contribution in [0.5, 0.6) is 11.5 Å². The van der Waals surface area contributed by atoms with Gasteiger partial charge in [-0.1, -0.05) is 49.9 Å². The van der Waals surface area contributed by atoms with Crippen molar-refractivity contribution < 1.29 is 19.1 Å². The van der Waals surface area contributed by atoms with E-state index < -0.39 is 0 Å². The Morgan fingerprint density at radius 1 is 1.08 bits per heavy atom. The predicted molar refractivity (Wildman–Crippen MR) is 146 cm³/mol. The van der Waals surface area contributed by atoms with E-state index in [1.807, 2.05) is 41.8 Å². The Morgan fingerprint density at radius 2 is 1.84 bits per heavy atom. The summed E-state index contributed by atoms with van der Waals surface area (Å²) in [4.78, 5) is 24.9. The molecule has 0 aliphatic rings. The van der Waals surface area contributed by atoms with Crippen molar-refractivity contribution in [1.29, 1.82) is 0 Å². The molecule has 2 amide bonds. The van der Waals surface area contributed by atoms with Gasteiger partial charge in [0.05, 0.1) is 26.5 Å². The second-order valence-electron chi connectivity index (χ2n) is 8.39. The molecule has 2 N–H and O–H groups in total. The van der Waals surface area contributed by atoms with Gasteiger partial charge < -0.3 is 24.7 Å². The summed E-state index contributed by atoms with van der Waals surface area (Å²) in [6, 6.07) is 13.2. The van der Waals surface area contributed by atoms with E-state index in [1.165, 1.54) is 17.8 Å². The number of carbonyl (C=O) groups excluding carboxylic acids is 2. The summed E-state index contributed by atoms with van der Waals surface area (Å²) in [7, 11) is 3.13. The Kier molecular flexibility index (Phi) is 10.1. The first-order chi connectivity index (χ1) is 17.9. The van der Waals surface area contributed by atoms with E-state index in [4.69, 9.17) is 9.47 Å². The monoisotopic (exact) mass is 523 g/mol. The fourth-order valence-corrected chi connectivity index (χ4v) is 4.48. The fourth-order valence-electron chi connectivity index (χ4n) is 3.66. The SMILES string of the molecule is CCn1c(CNC(=O)C=Cc2ccc(OC)c(OC)c2)nnc1SCC(=O)Nc1ccccc1C(C)C. The van der Waals surface area contributed by atoms with Crippen LogP contribution in [0.15, 0.2) is 53.7 Å². The van der Waals surface area contributed by atoms with E-state index in [9.17, 15) is 9.59 Å². The Hall–Kier alpha value is -3.79. The second kappa shape index (κ2) is 13.5. The van der Waals surface area contributed by atoms with Gasteiger partial charge in [0, 0.05) is 18.3 Å². The summed E-state index contributed by atoms with van der Waals surface area (Å²) in [6.07, 6.45) is 3.14. The predicted octanol–water partition coefficient (Wildman–Crippen LogP) is 4.50. The van der Waals surface area contributed by atoms with Crippen LogP contribution in [0.2, 0.25) is 0 Å². The van der Waals surface area contributed by atoms with Crippen LogP contribution in [0.1, 0.15) is 43.6 Å². The first-order valence-corrected chi connectivity index (χ1v) is 13.0. The number of amides is 2. The third-order valence-corrected chi connectivity index (χ3v) is 6.52. The third kappa shape index (κ3) is 7.60. The summed E-state index contributed by atoms with van der Waals surface area (Å²) in [5.74, 6) is 1.95. The van der Waals surface area contributed by atoms with Crippen molar-refractivity contribution >= 4 is 35.3 Å². The smallest absolute Gasteiger partial charge is 0.244 e. The van der Waals surface area contributed by atoms with Crippen molar-refractivity contribution in [2.24, 2.45) is 0 Å². The lowest BCUT2D eigenvalue weighted by Crippen LogP contribution is -2.22. The number of methoxy groups -OCH3 is 2. The first-order valence-electron chi connectivity index (χ1n) is 12.0. The van der Waals surface area contributed by atoms with Crippen molar-refractivity contribution in [3.05, 3.63) is 65.5 Å². The van der Waals surface area contributed by atoms with E-state index >= 15 is 0 Å². The van der Waals surface area contributed by atoms with Gasteiger partial charge in [-0.15, -0.1) is 10.2 Å². The minimum Gasteiger partial charge on any atom is -0.493 e. The number of thioether (sulfide) groups is 1. The molecule has 3 aromatic rings. The van der Waals surface area contributed by atoms with Crippen molar-refractivity contribution in [3.63, 3.8) is 0 Å². The number of hydrogen-bond acceptors (Lipinski definition) is 7. The molecule has 0 fully saturated rings. The molecule has 0 unspecified atom stereocenters. The van der Waals surface area contributed by atoms with Crippen LogP contribution in [-0.2, 0) is 22.7 Å². The number of anilines is 1. The number of nitrogens with zero attached hydrogens (tertiary/aromatic N) is 3. The summed E-state index contributed by atoms with van der Waals surface area (Å²) in [5.41, 5.74) is 2.72. The highest BCUT2D eigenvalue weighted by molar-refractivity contribution is 7.99. The minimum atomic E-state index is -0.266. The standard InChI is InChI=1S/C27H33N5O4S/c1-6-32-24(16-28-25(33)14-12-19-11-13-22(35-4)23(15-19)36-5)30-31-27(32)37-17-26(34)29-21-10-8-7-9-20(21)18(2)3/h7-15,18H,6,16-17H2,1-5H3,(H,28,33)(H,29,34). The normalized spacial score (nSPS) is 11.1. The van der Waals surface area contributed by atoms with E-state index in [-0.39, 0.29) is 24.1 Å². The third-order valence-electron chi connectivity index (χ3n) is 5.55. The summed E-state index contributed by atoms with van der Waals surface area (Å²) in [6.45, 7) is 6.98. The van der Waals surface area contributed by atoms with Crippen LogP contribution >= 0.6 is 11.8 Å². The lowest BCUT2D eigenvalue weighted by Gasteiger charge is -2.13. The van der Waals surface area contributed by atoms with Crippen molar-refractivity contribution in [3.8, 4) is 11.5 Å². The number of hydrogen-bond donors (Lipinski definition) is 2. The zero-order chi connectivity index (χ0) is 26.8. The van der Waals surface area contributed by atoms with Gasteiger partial charge in [0.1, 0.15) is 0 Å². The number of para-hydroxylation sites is 1. The molecule has 0 saturated carbocycles. The molecule has 0 spiro atoms. The van der Waals surface area contributed by atoms with Crippen LogP contribution in [-0.4, -0.2) is 46.6 Å². The summed E-state index contributed by atoms with van der Waals surface area (Å²) in [5, 5.41) is 14.9. The summed E-state index contributed by atoms with van der Waals surface area (Å²) >= 11 is 1.31. The van der Waals surface area contributed by atoms with Gasteiger partial charge >= 0.3 is 0 Å². The molecule has 37 heavy (non-hydrogen) atoms. The molecule has 1 heterocycles. The van der Waals surface area contributed by atoms with Gasteiger partial charge in [0.15, 0.2) is 22.5 Å². The van der Waals surface area contributed by atoms with Gasteiger partial charge in [-0.25, -0.2) is 0 Å². The molecule has 1 aromatic heterocycles. The molecule has 0 aliphatic heterocycles. The maximum Gasteiger partial charge on any atom is 0.244 e. The maximum absolute atomic E-state index is 12.6. The Labute approximate surface area is 221 Å². The first kappa shape index (κ1) is 27.8. The maximum atomic E-state index is 12.6. The molecule has 9 nitrogen and oxygen atoms in total. The molecular weight excluding hydrogens is 490 g/mol. The molecule has 0 bridgehead atoms. The van der Waals surface area contributed by atoms with E-state index in [0.717, 1.165) is 16.8 Å². The average Bonchev–Trinajstić information content (AvgIpc) is 3.31. The van der Waals surface area contributed by atoms with Crippen LogP contribution in [0.25, 0.3) is 6.08 Å². The van der Waals surface area contributed by atoms with E-state index in [1.54, 1.807) is 32.4 Å². The van der Waals surface area contributed by atoms with Crippen LogP contribution in [0.4, 0.5) is 5.69 Å². The molecule has 196 valence electrons. The largest absolute Gasteiger partial charge is 0.493 e. The Balaban J connectivity index is 1.55. The fraction of sp³-hybridized carbons (Fsp3) is 0.333.